The Labute approximate surface area is 197 Å². The minimum absolute atomic E-state index is 0.0573. The Kier molecular flexibility index (Phi) is 5.53. The summed E-state index contributed by atoms with van der Waals surface area (Å²) in [6.45, 7) is 5.37. The molecule has 2 aliphatic heterocycles. The van der Waals surface area contributed by atoms with Gasteiger partial charge in [0.1, 0.15) is 5.75 Å². The number of hydrogen-bond acceptors (Lipinski definition) is 6. The molecule has 1 saturated heterocycles. The van der Waals surface area contributed by atoms with Gasteiger partial charge in [-0.1, -0.05) is 18.7 Å². The second kappa shape index (κ2) is 8.66. The summed E-state index contributed by atoms with van der Waals surface area (Å²) >= 11 is 0. The fourth-order valence-corrected chi connectivity index (χ4v) is 4.77. The summed E-state index contributed by atoms with van der Waals surface area (Å²) in [7, 11) is 1.61. The molecular weight excluding hydrogens is 432 g/mol. The maximum absolute atomic E-state index is 12.7. The number of carbonyl (C=O) groups excluding carboxylic acids is 2. The van der Waals surface area contributed by atoms with Crippen molar-refractivity contribution >= 4 is 23.5 Å². The van der Waals surface area contributed by atoms with Gasteiger partial charge in [0, 0.05) is 36.9 Å². The number of H-pyrrole nitrogens is 1. The van der Waals surface area contributed by atoms with Crippen molar-refractivity contribution in [2.45, 2.75) is 18.3 Å². The highest BCUT2D eigenvalue weighted by molar-refractivity contribution is 5.98. The van der Waals surface area contributed by atoms with E-state index in [4.69, 9.17) is 4.74 Å². The number of para-hydroxylation sites is 2. The standard InChI is InChI=1S/C25H26N6O3/c1-3-21(32)31-12-9-25(10-13-31)15-27-23(33)16-14-19(28-22(16)25)17-8-11-26-24(29-17)30-18-6-4-5-7-20(18)34-2/h3-8,11,14,28H,1,9-10,12-13,15H2,2H3,(H,27,33)(H,26,29,30). The van der Waals surface area contributed by atoms with E-state index >= 15 is 0 Å². The predicted octanol–water partition coefficient (Wildman–Crippen LogP) is 3.01. The summed E-state index contributed by atoms with van der Waals surface area (Å²) in [5.41, 5.74) is 3.47. The van der Waals surface area contributed by atoms with Crippen LogP contribution in [0.3, 0.4) is 0 Å². The number of aromatic amines is 1. The highest BCUT2D eigenvalue weighted by Crippen LogP contribution is 2.40. The van der Waals surface area contributed by atoms with Crippen LogP contribution in [0.1, 0.15) is 28.9 Å². The van der Waals surface area contributed by atoms with Gasteiger partial charge in [-0.2, -0.15) is 0 Å². The minimum atomic E-state index is -0.245. The zero-order valence-corrected chi connectivity index (χ0v) is 18.9. The second-order valence-corrected chi connectivity index (χ2v) is 8.55. The number of benzene rings is 1. The van der Waals surface area contributed by atoms with E-state index in [9.17, 15) is 9.59 Å². The van der Waals surface area contributed by atoms with Crippen LogP contribution in [-0.2, 0) is 10.2 Å². The van der Waals surface area contributed by atoms with Crippen molar-refractivity contribution in [1.82, 2.24) is 25.2 Å². The lowest BCUT2D eigenvalue weighted by Crippen LogP contribution is -2.53. The van der Waals surface area contributed by atoms with Crippen molar-refractivity contribution in [3.05, 3.63) is 66.5 Å². The number of likely N-dealkylation sites (tertiary alicyclic amines) is 1. The molecule has 5 rings (SSSR count). The number of methoxy groups -OCH3 is 1. The van der Waals surface area contributed by atoms with Crippen LogP contribution in [0.25, 0.3) is 11.4 Å². The number of nitrogens with zero attached hydrogens (tertiary/aromatic N) is 3. The third-order valence-corrected chi connectivity index (χ3v) is 6.67. The zero-order valence-electron chi connectivity index (χ0n) is 18.9. The molecule has 9 heteroatoms. The smallest absolute Gasteiger partial charge is 0.253 e. The molecule has 1 fully saturated rings. The SMILES string of the molecule is C=CC(=O)N1CCC2(CC1)CNC(=O)c1cc(-c3ccnc(Nc4ccccc4OC)n3)[nH]c12. The lowest BCUT2D eigenvalue weighted by Gasteiger charge is -2.43. The van der Waals surface area contributed by atoms with Crippen molar-refractivity contribution < 1.29 is 14.3 Å². The van der Waals surface area contributed by atoms with Gasteiger partial charge in [0.15, 0.2) is 0 Å². The number of piperidine rings is 1. The number of ether oxygens (including phenoxy) is 1. The molecule has 2 amide bonds. The van der Waals surface area contributed by atoms with Gasteiger partial charge in [-0.3, -0.25) is 9.59 Å². The lowest BCUT2D eigenvalue weighted by atomic mass is 9.72. The molecule has 34 heavy (non-hydrogen) atoms. The van der Waals surface area contributed by atoms with Gasteiger partial charge in [-0.25, -0.2) is 9.97 Å². The van der Waals surface area contributed by atoms with Crippen LogP contribution in [0.15, 0.2) is 55.3 Å². The number of hydrogen-bond donors (Lipinski definition) is 3. The summed E-state index contributed by atoms with van der Waals surface area (Å²) in [5, 5.41) is 6.23. The Morgan fingerprint density at radius 2 is 2.06 bits per heavy atom. The first-order valence-electron chi connectivity index (χ1n) is 11.2. The quantitative estimate of drug-likeness (QED) is 0.507. The van der Waals surface area contributed by atoms with Crippen LogP contribution in [0.5, 0.6) is 5.75 Å². The highest BCUT2D eigenvalue weighted by Gasteiger charge is 2.44. The molecule has 0 radical (unpaired) electrons. The second-order valence-electron chi connectivity index (χ2n) is 8.55. The van der Waals surface area contributed by atoms with Crippen molar-refractivity contribution in [3.8, 4) is 17.1 Å². The largest absolute Gasteiger partial charge is 0.495 e. The Morgan fingerprint density at radius 3 is 2.82 bits per heavy atom. The first-order chi connectivity index (χ1) is 16.5. The van der Waals surface area contributed by atoms with Gasteiger partial charge in [0.05, 0.1) is 29.7 Å². The number of anilines is 2. The van der Waals surface area contributed by atoms with E-state index in [0.29, 0.717) is 42.6 Å². The molecule has 0 bridgehead atoms. The van der Waals surface area contributed by atoms with Gasteiger partial charge in [-0.15, -0.1) is 0 Å². The van der Waals surface area contributed by atoms with Gasteiger partial charge in [0.2, 0.25) is 11.9 Å². The Balaban J connectivity index is 1.44. The van der Waals surface area contributed by atoms with Crippen LogP contribution < -0.4 is 15.4 Å². The Bertz CT molecular complexity index is 1260. The van der Waals surface area contributed by atoms with Crippen molar-refractivity contribution in [2.24, 2.45) is 0 Å². The summed E-state index contributed by atoms with van der Waals surface area (Å²) in [6, 6.07) is 11.2. The summed E-state index contributed by atoms with van der Waals surface area (Å²) in [6.07, 6.45) is 4.54. The van der Waals surface area contributed by atoms with Gasteiger partial charge < -0.3 is 25.3 Å². The summed E-state index contributed by atoms with van der Waals surface area (Å²) < 4.78 is 5.39. The average molecular weight is 459 g/mol. The maximum atomic E-state index is 12.7. The molecule has 0 aliphatic carbocycles. The van der Waals surface area contributed by atoms with E-state index < -0.39 is 0 Å². The fraction of sp³-hybridized carbons (Fsp3) is 0.280. The third kappa shape index (κ3) is 3.79. The molecular formula is C25H26N6O3. The number of aromatic nitrogens is 3. The summed E-state index contributed by atoms with van der Waals surface area (Å²) in [5.74, 6) is 0.948. The van der Waals surface area contributed by atoms with E-state index in [-0.39, 0.29) is 17.2 Å². The molecule has 9 nitrogen and oxygen atoms in total. The van der Waals surface area contributed by atoms with Crippen LogP contribution in [-0.4, -0.2) is 58.4 Å². The first-order valence-corrected chi connectivity index (χ1v) is 11.2. The molecule has 4 heterocycles. The molecule has 1 aromatic carbocycles. The van der Waals surface area contributed by atoms with Gasteiger partial charge in [0.25, 0.3) is 5.91 Å². The third-order valence-electron chi connectivity index (χ3n) is 6.67. The molecule has 0 saturated carbocycles. The summed E-state index contributed by atoms with van der Waals surface area (Å²) in [4.78, 5) is 39.0. The first kappa shape index (κ1) is 21.7. The molecule has 0 unspecified atom stereocenters. The van der Waals surface area contributed by atoms with Crippen LogP contribution >= 0.6 is 0 Å². The zero-order chi connectivity index (χ0) is 23.7. The normalized spacial score (nSPS) is 16.5. The Hall–Kier alpha value is -4.14. The van der Waals surface area contributed by atoms with Crippen LogP contribution in [0.4, 0.5) is 11.6 Å². The van der Waals surface area contributed by atoms with E-state index in [1.54, 1.807) is 24.3 Å². The van der Waals surface area contributed by atoms with E-state index in [2.05, 4.69) is 32.2 Å². The number of rotatable bonds is 5. The molecule has 0 atom stereocenters. The number of nitrogens with one attached hydrogen (secondary N) is 3. The predicted molar refractivity (Wildman–Crippen MR) is 128 cm³/mol. The van der Waals surface area contributed by atoms with Gasteiger partial charge in [-0.05, 0) is 43.2 Å². The van der Waals surface area contributed by atoms with E-state index in [0.717, 1.165) is 29.9 Å². The van der Waals surface area contributed by atoms with Crippen LogP contribution in [0, 0.1) is 0 Å². The van der Waals surface area contributed by atoms with Crippen molar-refractivity contribution in [3.63, 3.8) is 0 Å². The molecule has 2 aliphatic rings. The fourth-order valence-electron chi connectivity index (χ4n) is 4.77. The number of fused-ring (bicyclic) bond motifs is 2. The Morgan fingerprint density at radius 1 is 1.26 bits per heavy atom. The molecule has 3 N–H and O–H groups in total. The number of carbonyl (C=O) groups is 2. The topological polar surface area (TPSA) is 112 Å². The van der Waals surface area contributed by atoms with E-state index in [1.165, 1.54) is 6.08 Å². The number of amides is 2. The monoisotopic (exact) mass is 458 g/mol. The molecule has 1 spiro atoms. The molecule has 2 aromatic heterocycles. The van der Waals surface area contributed by atoms with Crippen molar-refractivity contribution in [2.75, 3.05) is 32.1 Å². The average Bonchev–Trinajstić information content (AvgIpc) is 3.35. The molecule has 174 valence electrons. The van der Waals surface area contributed by atoms with E-state index in [1.807, 2.05) is 30.3 Å². The van der Waals surface area contributed by atoms with Gasteiger partial charge >= 0.3 is 0 Å². The maximum Gasteiger partial charge on any atom is 0.253 e. The lowest BCUT2D eigenvalue weighted by molar-refractivity contribution is -0.127. The van der Waals surface area contributed by atoms with Crippen LogP contribution in [0.2, 0.25) is 0 Å². The molecule has 3 aromatic rings. The highest BCUT2D eigenvalue weighted by atomic mass is 16.5. The van der Waals surface area contributed by atoms with Crippen molar-refractivity contribution in [1.29, 1.82) is 0 Å². The minimum Gasteiger partial charge on any atom is -0.495 e.